The fraction of sp³-hybridized carbons (Fsp3) is 0. The van der Waals surface area contributed by atoms with Crippen molar-refractivity contribution in [3.8, 4) is 67.5 Å². The fourth-order valence-corrected chi connectivity index (χ4v) is 8.04. The van der Waals surface area contributed by atoms with Gasteiger partial charge in [-0.1, -0.05) is 176 Å². The van der Waals surface area contributed by atoms with E-state index in [2.05, 4.69) is 164 Å². The first-order valence-corrected chi connectivity index (χ1v) is 19.2. The molecule has 0 atom stereocenters. The Morgan fingerprint density at radius 2 is 0.825 bits per heavy atom. The van der Waals surface area contributed by atoms with Gasteiger partial charge in [-0.25, -0.2) is 15.0 Å². The molecule has 0 spiro atoms. The summed E-state index contributed by atoms with van der Waals surface area (Å²) in [6.07, 6.45) is 0. The van der Waals surface area contributed by atoms with E-state index in [-0.39, 0.29) is 0 Å². The van der Waals surface area contributed by atoms with Crippen molar-refractivity contribution in [2.24, 2.45) is 0 Å². The Bertz CT molecular complexity index is 3270. The van der Waals surface area contributed by atoms with E-state index >= 15 is 0 Å². The van der Waals surface area contributed by atoms with Crippen molar-refractivity contribution < 1.29 is 4.42 Å². The number of nitrogens with zero attached hydrogens (tertiary/aromatic N) is 3. The molecule has 0 fully saturated rings. The van der Waals surface area contributed by atoms with Gasteiger partial charge in [-0.05, 0) is 79.2 Å². The summed E-state index contributed by atoms with van der Waals surface area (Å²) in [5.74, 6) is 1.82. The van der Waals surface area contributed by atoms with E-state index < -0.39 is 0 Å². The topological polar surface area (TPSA) is 51.8 Å². The zero-order chi connectivity index (χ0) is 37.7. The van der Waals surface area contributed by atoms with Gasteiger partial charge in [0.2, 0.25) is 0 Å². The quantitative estimate of drug-likeness (QED) is 0.171. The summed E-state index contributed by atoms with van der Waals surface area (Å²) in [5.41, 5.74) is 11.3. The molecule has 9 aromatic carbocycles. The van der Waals surface area contributed by atoms with Crippen LogP contribution in [-0.2, 0) is 0 Å². The maximum Gasteiger partial charge on any atom is 0.164 e. The first kappa shape index (κ1) is 32.7. The van der Waals surface area contributed by atoms with Gasteiger partial charge in [-0.15, -0.1) is 0 Å². The number of aromatic nitrogens is 3. The smallest absolute Gasteiger partial charge is 0.164 e. The van der Waals surface area contributed by atoms with Crippen LogP contribution in [0.4, 0.5) is 0 Å². The molecule has 11 aromatic rings. The van der Waals surface area contributed by atoms with Crippen LogP contribution >= 0.6 is 0 Å². The fourth-order valence-electron chi connectivity index (χ4n) is 8.04. The number of hydrogen-bond donors (Lipinski definition) is 0. The van der Waals surface area contributed by atoms with Crippen LogP contribution in [-0.4, -0.2) is 15.0 Å². The molecule has 0 aliphatic carbocycles. The molecule has 0 saturated heterocycles. The van der Waals surface area contributed by atoms with Crippen LogP contribution in [0, 0.1) is 0 Å². The summed E-state index contributed by atoms with van der Waals surface area (Å²) in [5, 5.41) is 7.08. The largest absolute Gasteiger partial charge is 0.456 e. The lowest BCUT2D eigenvalue weighted by atomic mass is 9.94. The summed E-state index contributed by atoms with van der Waals surface area (Å²) < 4.78 is 6.56. The highest BCUT2D eigenvalue weighted by atomic mass is 16.3. The Morgan fingerprint density at radius 1 is 0.281 bits per heavy atom. The second kappa shape index (κ2) is 13.6. The predicted molar refractivity (Wildman–Crippen MR) is 235 cm³/mol. The van der Waals surface area contributed by atoms with E-state index in [9.17, 15) is 0 Å². The second-order valence-electron chi connectivity index (χ2n) is 14.4. The van der Waals surface area contributed by atoms with Gasteiger partial charge in [0.1, 0.15) is 11.2 Å². The lowest BCUT2D eigenvalue weighted by Crippen LogP contribution is -2.00. The molecule has 0 N–H and O–H groups in total. The molecule has 266 valence electrons. The van der Waals surface area contributed by atoms with Crippen molar-refractivity contribution in [2.75, 3.05) is 0 Å². The summed E-state index contributed by atoms with van der Waals surface area (Å²) in [4.78, 5) is 15.0. The molecule has 0 unspecified atom stereocenters. The summed E-state index contributed by atoms with van der Waals surface area (Å²) >= 11 is 0. The van der Waals surface area contributed by atoms with E-state index in [0.717, 1.165) is 55.3 Å². The van der Waals surface area contributed by atoms with Crippen molar-refractivity contribution in [1.82, 2.24) is 15.0 Å². The number of rotatable bonds is 6. The van der Waals surface area contributed by atoms with Crippen molar-refractivity contribution in [3.63, 3.8) is 0 Å². The molecule has 0 aliphatic heterocycles. The Labute approximate surface area is 329 Å². The van der Waals surface area contributed by atoms with Gasteiger partial charge in [0.05, 0.1) is 0 Å². The van der Waals surface area contributed by atoms with Crippen LogP contribution in [0.15, 0.2) is 205 Å². The molecule has 0 radical (unpaired) electrons. The summed E-state index contributed by atoms with van der Waals surface area (Å²) in [6.45, 7) is 0. The minimum atomic E-state index is 0.587. The number of benzene rings is 9. The van der Waals surface area contributed by atoms with Gasteiger partial charge in [0, 0.05) is 27.5 Å². The third kappa shape index (κ3) is 5.92. The summed E-state index contributed by atoms with van der Waals surface area (Å²) in [6, 6.07) is 70.0. The van der Waals surface area contributed by atoms with Gasteiger partial charge < -0.3 is 4.42 Å². The third-order valence-corrected chi connectivity index (χ3v) is 10.9. The minimum absolute atomic E-state index is 0.587. The molecular formula is C53H33N3O. The normalized spacial score (nSPS) is 11.5. The molecule has 2 heterocycles. The van der Waals surface area contributed by atoms with Crippen molar-refractivity contribution in [3.05, 3.63) is 200 Å². The van der Waals surface area contributed by atoms with Gasteiger partial charge in [0.25, 0.3) is 0 Å². The standard InChI is InChI=1S/C53H33N3O/c1-2-12-39(13-3-1)51-54-52(40-27-20-35(21-28-40)42-29-22-34-10-4-5-14-41(34)32-42)56-53(55-51)43-30-31-47-49(33-43)57-48-19-9-18-46(50(47)48)38-25-23-37(24-26-38)45-17-8-15-36-11-6-7-16-44(36)45/h1-33H. The Kier molecular flexibility index (Phi) is 7.78. The monoisotopic (exact) mass is 727 g/mol. The second-order valence-corrected chi connectivity index (χ2v) is 14.4. The van der Waals surface area contributed by atoms with Crippen molar-refractivity contribution in [2.45, 2.75) is 0 Å². The van der Waals surface area contributed by atoms with Gasteiger partial charge in [-0.2, -0.15) is 0 Å². The van der Waals surface area contributed by atoms with Crippen LogP contribution in [0.2, 0.25) is 0 Å². The van der Waals surface area contributed by atoms with Gasteiger partial charge >= 0.3 is 0 Å². The van der Waals surface area contributed by atoms with Crippen LogP contribution in [0.1, 0.15) is 0 Å². The lowest BCUT2D eigenvalue weighted by molar-refractivity contribution is 0.669. The molecule has 4 nitrogen and oxygen atoms in total. The van der Waals surface area contributed by atoms with Crippen LogP contribution in [0.5, 0.6) is 0 Å². The molecule has 0 bridgehead atoms. The zero-order valence-electron chi connectivity index (χ0n) is 30.8. The molecular weight excluding hydrogens is 695 g/mol. The maximum absolute atomic E-state index is 6.56. The molecule has 0 aliphatic rings. The number of fused-ring (bicyclic) bond motifs is 5. The van der Waals surface area contributed by atoms with Crippen LogP contribution in [0.3, 0.4) is 0 Å². The molecule has 57 heavy (non-hydrogen) atoms. The van der Waals surface area contributed by atoms with Gasteiger partial charge in [-0.3, -0.25) is 0 Å². The van der Waals surface area contributed by atoms with Crippen LogP contribution < -0.4 is 0 Å². The van der Waals surface area contributed by atoms with E-state index in [1.54, 1.807) is 0 Å². The van der Waals surface area contributed by atoms with E-state index in [1.165, 1.54) is 38.2 Å². The Balaban J connectivity index is 0.969. The van der Waals surface area contributed by atoms with Crippen molar-refractivity contribution in [1.29, 1.82) is 0 Å². The van der Waals surface area contributed by atoms with Crippen molar-refractivity contribution >= 4 is 43.5 Å². The Hall–Kier alpha value is -7.69. The zero-order valence-corrected chi connectivity index (χ0v) is 30.8. The third-order valence-electron chi connectivity index (χ3n) is 10.9. The molecule has 2 aromatic heterocycles. The average molecular weight is 728 g/mol. The summed E-state index contributed by atoms with van der Waals surface area (Å²) in [7, 11) is 0. The number of hydrogen-bond acceptors (Lipinski definition) is 4. The van der Waals surface area contributed by atoms with Crippen LogP contribution in [0.25, 0.3) is 111 Å². The highest BCUT2D eigenvalue weighted by molar-refractivity contribution is 6.13. The van der Waals surface area contributed by atoms with E-state index in [0.29, 0.717) is 17.5 Å². The number of furan rings is 1. The highest BCUT2D eigenvalue weighted by Crippen LogP contribution is 2.39. The van der Waals surface area contributed by atoms with Gasteiger partial charge in [0.15, 0.2) is 17.5 Å². The molecule has 0 amide bonds. The molecule has 11 rings (SSSR count). The lowest BCUT2D eigenvalue weighted by Gasteiger charge is -2.10. The first-order chi connectivity index (χ1) is 28.2. The maximum atomic E-state index is 6.56. The van der Waals surface area contributed by atoms with E-state index in [4.69, 9.17) is 19.4 Å². The molecule has 4 heteroatoms. The SMILES string of the molecule is c1ccc(-c2nc(-c3ccc(-c4ccc5ccccc5c4)cc3)nc(-c3ccc4c(c3)oc3cccc(-c5ccc(-c6cccc7ccccc67)cc5)c34)n2)cc1. The predicted octanol–water partition coefficient (Wildman–Crippen LogP) is 14.1. The average Bonchev–Trinajstić information content (AvgIpc) is 3.67. The minimum Gasteiger partial charge on any atom is -0.456 e. The van der Waals surface area contributed by atoms with E-state index in [1.807, 2.05) is 36.4 Å². The first-order valence-electron chi connectivity index (χ1n) is 19.2. The Morgan fingerprint density at radius 3 is 1.61 bits per heavy atom. The molecule has 0 saturated carbocycles. The highest BCUT2D eigenvalue weighted by Gasteiger charge is 2.17.